The number of halogens is 1. The van der Waals surface area contributed by atoms with Crippen molar-refractivity contribution in [3.8, 4) is 0 Å². The molecular formula is C21H26ClN3O. The number of anilines is 2. The van der Waals surface area contributed by atoms with Crippen molar-refractivity contribution in [1.82, 2.24) is 4.90 Å². The Bertz CT molecular complexity index is 742. The van der Waals surface area contributed by atoms with Crippen molar-refractivity contribution in [3.63, 3.8) is 0 Å². The van der Waals surface area contributed by atoms with E-state index in [9.17, 15) is 4.79 Å². The fourth-order valence-electron chi connectivity index (χ4n) is 3.32. The first kappa shape index (κ1) is 18.7. The maximum atomic E-state index is 12.4. The van der Waals surface area contributed by atoms with Crippen molar-refractivity contribution < 1.29 is 4.79 Å². The molecule has 1 heterocycles. The first-order chi connectivity index (χ1) is 12.7. The third-order valence-electron chi connectivity index (χ3n) is 4.87. The van der Waals surface area contributed by atoms with E-state index in [0.717, 1.165) is 49.7 Å². The Balaban J connectivity index is 1.60. The van der Waals surface area contributed by atoms with E-state index in [-0.39, 0.29) is 5.91 Å². The lowest BCUT2D eigenvalue weighted by atomic mass is 10.1. The highest BCUT2D eigenvalue weighted by atomic mass is 35.5. The standard InChI is InChI=1S/C21H26ClN3O/c1-2-24-12-14-25(15-13-24)20-9-4-3-8-19(20)23-21(26)11-10-17-6-5-7-18(22)16-17/h3-9,16H,2,10-15H2,1H3,(H,23,26). The molecule has 0 radical (unpaired) electrons. The number of rotatable bonds is 6. The molecule has 2 aromatic carbocycles. The fourth-order valence-corrected chi connectivity index (χ4v) is 3.54. The van der Waals surface area contributed by atoms with Crippen LogP contribution in [0.5, 0.6) is 0 Å². The summed E-state index contributed by atoms with van der Waals surface area (Å²) in [6.07, 6.45) is 1.13. The second-order valence-corrected chi connectivity index (χ2v) is 7.05. The average Bonchev–Trinajstić information content (AvgIpc) is 2.67. The summed E-state index contributed by atoms with van der Waals surface area (Å²) in [5, 5.41) is 3.80. The molecule has 0 unspecified atom stereocenters. The lowest BCUT2D eigenvalue weighted by Crippen LogP contribution is -2.46. The highest BCUT2D eigenvalue weighted by Crippen LogP contribution is 2.27. The molecule has 5 heteroatoms. The molecule has 1 N–H and O–H groups in total. The number of nitrogens with one attached hydrogen (secondary N) is 1. The zero-order chi connectivity index (χ0) is 18.4. The molecule has 26 heavy (non-hydrogen) atoms. The lowest BCUT2D eigenvalue weighted by Gasteiger charge is -2.36. The minimum atomic E-state index is 0.0321. The minimum absolute atomic E-state index is 0.0321. The number of amides is 1. The zero-order valence-corrected chi connectivity index (χ0v) is 16.0. The Hall–Kier alpha value is -2.04. The monoisotopic (exact) mass is 371 g/mol. The predicted molar refractivity (Wildman–Crippen MR) is 109 cm³/mol. The minimum Gasteiger partial charge on any atom is -0.367 e. The molecular weight excluding hydrogens is 346 g/mol. The van der Waals surface area contributed by atoms with Crippen LogP contribution in [0.3, 0.4) is 0 Å². The van der Waals surface area contributed by atoms with Crippen LogP contribution in [-0.2, 0) is 11.2 Å². The van der Waals surface area contributed by atoms with Crippen LogP contribution < -0.4 is 10.2 Å². The number of piperazine rings is 1. The summed E-state index contributed by atoms with van der Waals surface area (Å²) in [5.74, 6) is 0.0321. The van der Waals surface area contributed by atoms with Gasteiger partial charge in [0.15, 0.2) is 0 Å². The predicted octanol–water partition coefficient (Wildman–Crippen LogP) is 4.05. The highest BCUT2D eigenvalue weighted by Gasteiger charge is 2.18. The molecule has 1 amide bonds. The van der Waals surface area contributed by atoms with E-state index in [1.165, 1.54) is 0 Å². The molecule has 1 saturated heterocycles. The van der Waals surface area contributed by atoms with Crippen LogP contribution in [0.2, 0.25) is 5.02 Å². The number of para-hydroxylation sites is 2. The number of hydrogen-bond donors (Lipinski definition) is 1. The summed E-state index contributed by atoms with van der Waals surface area (Å²) in [4.78, 5) is 17.2. The number of likely N-dealkylation sites (N-methyl/N-ethyl adjacent to an activating group) is 1. The largest absolute Gasteiger partial charge is 0.367 e. The summed E-state index contributed by atoms with van der Waals surface area (Å²) < 4.78 is 0. The molecule has 1 fully saturated rings. The fraction of sp³-hybridized carbons (Fsp3) is 0.381. The lowest BCUT2D eigenvalue weighted by molar-refractivity contribution is -0.116. The van der Waals surface area contributed by atoms with Crippen molar-refractivity contribution in [3.05, 3.63) is 59.1 Å². The Morgan fingerprint density at radius 3 is 2.58 bits per heavy atom. The first-order valence-electron chi connectivity index (χ1n) is 9.26. The molecule has 0 atom stereocenters. The molecule has 0 spiro atoms. The van der Waals surface area contributed by atoms with Gasteiger partial charge in [-0.2, -0.15) is 0 Å². The maximum Gasteiger partial charge on any atom is 0.224 e. The Morgan fingerprint density at radius 1 is 1.08 bits per heavy atom. The summed E-state index contributed by atoms with van der Waals surface area (Å²) in [6, 6.07) is 15.8. The second-order valence-electron chi connectivity index (χ2n) is 6.62. The van der Waals surface area contributed by atoms with Gasteiger partial charge in [-0.15, -0.1) is 0 Å². The molecule has 138 valence electrons. The molecule has 2 aromatic rings. The average molecular weight is 372 g/mol. The molecule has 1 aliphatic rings. The second kappa shape index (κ2) is 9.06. The summed E-state index contributed by atoms with van der Waals surface area (Å²) in [6.45, 7) is 7.40. The highest BCUT2D eigenvalue weighted by molar-refractivity contribution is 6.30. The number of carbonyl (C=O) groups is 1. The van der Waals surface area contributed by atoms with Gasteiger partial charge in [0.2, 0.25) is 5.91 Å². The van der Waals surface area contributed by atoms with E-state index in [2.05, 4.69) is 28.1 Å². The van der Waals surface area contributed by atoms with Crippen LogP contribution in [0.4, 0.5) is 11.4 Å². The number of aryl methyl sites for hydroxylation is 1. The van der Waals surface area contributed by atoms with Gasteiger partial charge >= 0.3 is 0 Å². The van der Waals surface area contributed by atoms with Crippen molar-refractivity contribution in [2.75, 3.05) is 42.9 Å². The van der Waals surface area contributed by atoms with Gasteiger partial charge in [-0.3, -0.25) is 4.79 Å². The van der Waals surface area contributed by atoms with E-state index in [1.807, 2.05) is 42.5 Å². The van der Waals surface area contributed by atoms with Gasteiger partial charge < -0.3 is 15.1 Å². The molecule has 0 saturated carbocycles. The molecule has 0 aliphatic carbocycles. The van der Waals surface area contributed by atoms with Crippen LogP contribution in [0.1, 0.15) is 18.9 Å². The van der Waals surface area contributed by atoms with Gasteiger partial charge in [-0.1, -0.05) is 42.8 Å². The Kier molecular flexibility index (Phi) is 6.53. The normalized spacial score (nSPS) is 15.1. The van der Waals surface area contributed by atoms with E-state index in [0.29, 0.717) is 17.9 Å². The van der Waals surface area contributed by atoms with Gasteiger partial charge in [0.1, 0.15) is 0 Å². The Labute approximate surface area is 160 Å². The van der Waals surface area contributed by atoms with Crippen LogP contribution in [0.25, 0.3) is 0 Å². The number of nitrogens with zero attached hydrogens (tertiary/aromatic N) is 2. The van der Waals surface area contributed by atoms with Gasteiger partial charge in [0.25, 0.3) is 0 Å². The van der Waals surface area contributed by atoms with Gasteiger partial charge in [-0.25, -0.2) is 0 Å². The molecule has 3 rings (SSSR count). The van der Waals surface area contributed by atoms with Gasteiger partial charge in [-0.05, 0) is 42.8 Å². The maximum absolute atomic E-state index is 12.4. The van der Waals surface area contributed by atoms with Crippen LogP contribution in [-0.4, -0.2) is 43.5 Å². The number of carbonyl (C=O) groups excluding carboxylic acids is 1. The molecule has 4 nitrogen and oxygen atoms in total. The van der Waals surface area contributed by atoms with Crippen molar-refractivity contribution in [2.24, 2.45) is 0 Å². The SMILES string of the molecule is CCN1CCN(c2ccccc2NC(=O)CCc2cccc(Cl)c2)CC1. The summed E-state index contributed by atoms with van der Waals surface area (Å²) in [5.41, 5.74) is 3.09. The van der Waals surface area contributed by atoms with E-state index in [1.54, 1.807) is 0 Å². The van der Waals surface area contributed by atoms with E-state index < -0.39 is 0 Å². The third-order valence-corrected chi connectivity index (χ3v) is 5.10. The van der Waals surface area contributed by atoms with Gasteiger partial charge in [0.05, 0.1) is 11.4 Å². The van der Waals surface area contributed by atoms with Crippen molar-refractivity contribution in [2.45, 2.75) is 19.8 Å². The van der Waals surface area contributed by atoms with Crippen molar-refractivity contribution in [1.29, 1.82) is 0 Å². The Morgan fingerprint density at radius 2 is 1.85 bits per heavy atom. The summed E-state index contributed by atoms with van der Waals surface area (Å²) in [7, 11) is 0. The first-order valence-corrected chi connectivity index (χ1v) is 9.64. The van der Waals surface area contributed by atoms with Crippen LogP contribution in [0, 0.1) is 0 Å². The smallest absolute Gasteiger partial charge is 0.224 e. The van der Waals surface area contributed by atoms with Crippen LogP contribution in [0.15, 0.2) is 48.5 Å². The van der Waals surface area contributed by atoms with Crippen molar-refractivity contribution >= 4 is 28.9 Å². The van der Waals surface area contributed by atoms with Crippen LogP contribution >= 0.6 is 11.6 Å². The molecule has 0 aromatic heterocycles. The number of benzene rings is 2. The third kappa shape index (κ3) is 4.99. The van der Waals surface area contributed by atoms with Gasteiger partial charge in [0, 0.05) is 37.6 Å². The van der Waals surface area contributed by atoms with E-state index >= 15 is 0 Å². The quantitative estimate of drug-likeness (QED) is 0.831. The molecule has 0 bridgehead atoms. The topological polar surface area (TPSA) is 35.6 Å². The van der Waals surface area contributed by atoms with E-state index in [4.69, 9.17) is 11.6 Å². The molecule has 1 aliphatic heterocycles. The zero-order valence-electron chi connectivity index (χ0n) is 15.2. The number of hydrogen-bond acceptors (Lipinski definition) is 3. The summed E-state index contributed by atoms with van der Waals surface area (Å²) >= 11 is 6.01.